The van der Waals surface area contributed by atoms with Gasteiger partial charge in [-0.2, -0.15) is 5.10 Å². The number of carbonyl (C=O) groups is 1. The zero-order valence-electron chi connectivity index (χ0n) is 15.2. The van der Waals surface area contributed by atoms with E-state index in [-0.39, 0.29) is 0 Å². The predicted octanol–water partition coefficient (Wildman–Crippen LogP) is 3.80. The van der Waals surface area contributed by atoms with Gasteiger partial charge in [0.05, 0.1) is 6.21 Å². The van der Waals surface area contributed by atoms with Crippen LogP contribution in [0.25, 0.3) is 0 Å². The highest BCUT2D eigenvalue weighted by Gasteiger charge is 2.20. The molecule has 0 amide bonds. The number of aliphatic carboxylic acids is 1. The lowest BCUT2D eigenvalue weighted by Crippen LogP contribution is -2.20. The van der Waals surface area contributed by atoms with Gasteiger partial charge in [-0.3, -0.25) is 0 Å². The Balaban J connectivity index is 1.73. The Bertz CT molecular complexity index is 941. The smallest absolute Gasteiger partial charge is 0.330 e. The van der Waals surface area contributed by atoms with E-state index in [0.717, 1.165) is 11.1 Å². The number of hydrogen-bond acceptors (Lipinski definition) is 5. The molecule has 0 spiro atoms. The van der Waals surface area contributed by atoms with E-state index in [1.165, 1.54) is 6.21 Å². The monoisotopic (exact) mass is 375 g/mol. The highest BCUT2D eigenvalue weighted by molar-refractivity contribution is 5.81. The summed E-state index contributed by atoms with van der Waals surface area (Å²) in [6.45, 7) is 0.416. The zero-order valence-corrected chi connectivity index (χ0v) is 15.2. The molecule has 3 aromatic carbocycles. The van der Waals surface area contributed by atoms with Crippen LogP contribution in [0.1, 0.15) is 22.7 Å². The molecular formula is C22H21N3O3. The van der Waals surface area contributed by atoms with Crippen molar-refractivity contribution in [2.24, 2.45) is 10.9 Å². The van der Waals surface area contributed by atoms with E-state index in [1.54, 1.807) is 42.5 Å². The molecule has 0 aliphatic heterocycles. The van der Waals surface area contributed by atoms with Gasteiger partial charge in [-0.1, -0.05) is 54.6 Å². The molecule has 0 radical (unpaired) electrons. The third kappa shape index (κ3) is 5.11. The summed E-state index contributed by atoms with van der Waals surface area (Å²) in [6, 6.07) is 23.2. The van der Waals surface area contributed by atoms with Crippen molar-refractivity contribution in [1.82, 2.24) is 0 Å². The number of nitrogens with two attached hydrogens (primary N) is 1. The average Bonchev–Trinajstić information content (AvgIpc) is 2.72. The lowest BCUT2D eigenvalue weighted by atomic mass is 10.1. The van der Waals surface area contributed by atoms with Crippen LogP contribution in [-0.2, 0) is 11.4 Å². The summed E-state index contributed by atoms with van der Waals surface area (Å²) in [6.07, 6.45) is 1.52. The van der Waals surface area contributed by atoms with Crippen LogP contribution in [-0.4, -0.2) is 17.3 Å². The molecule has 4 N–H and O–H groups in total. The molecule has 6 nitrogen and oxygen atoms in total. The van der Waals surface area contributed by atoms with Crippen LogP contribution in [0.5, 0.6) is 5.75 Å². The second-order valence-electron chi connectivity index (χ2n) is 6.16. The van der Waals surface area contributed by atoms with Crippen LogP contribution in [0, 0.1) is 0 Å². The second-order valence-corrected chi connectivity index (χ2v) is 6.16. The fraction of sp³-hybridized carbons (Fsp3) is 0.0909. The summed E-state index contributed by atoms with van der Waals surface area (Å²) in [7, 11) is 0. The number of anilines is 1. The molecule has 0 bridgehead atoms. The van der Waals surface area contributed by atoms with Crippen molar-refractivity contribution in [3.05, 3.63) is 95.6 Å². The molecule has 142 valence electrons. The van der Waals surface area contributed by atoms with Crippen molar-refractivity contribution in [3.8, 4) is 5.75 Å². The molecule has 6 heteroatoms. The first-order valence-corrected chi connectivity index (χ1v) is 8.75. The molecule has 1 unspecified atom stereocenters. The van der Waals surface area contributed by atoms with Gasteiger partial charge in [0, 0.05) is 5.69 Å². The molecule has 0 aliphatic rings. The largest absolute Gasteiger partial charge is 0.489 e. The minimum atomic E-state index is -0.979. The third-order valence-electron chi connectivity index (χ3n) is 4.13. The molecule has 0 saturated carbocycles. The van der Waals surface area contributed by atoms with Gasteiger partial charge in [-0.05, 0) is 41.0 Å². The standard InChI is InChI=1S/C22H21N3O3/c23-24-14-16-9-11-19(12-10-16)25-21(22(26)27)18-7-4-8-20(13-18)28-15-17-5-2-1-3-6-17/h1-14,21,25H,15,23H2,(H,26,27). The predicted molar refractivity (Wildman–Crippen MR) is 109 cm³/mol. The zero-order chi connectivity index (χ0) is 19.8. The van der Waals surface area contributed by atoms with Crippen LogP contribution in [0.3, 0.4) is 0 Å². The maximum Gasteiger partial charge on any atom is 0.330 e. The summed E-state index contributed by atoms with van der Waals surface area (Å²) in [5.41, 5.74) is 3.15. The van der Waals surface area contributed by atoms with Gasteiger partial charge in [-0.25, -0.2) is 4.79 Å². The van der Waals surface area contributed by atoms with Gasteiger partial charge in [0.15, 0.2) is 6.04 Å². The Morgan fingerprint density at radius 3 is 2.50 bits per heavy atom. The summed E-state index contributed by atoms with van der Waals surface area (Å²) in [5.74, 6) is 4.77. The van der Waals surface area contributed by atoms with Crippen LogP contribution in [0.4, 0.5) is 5.69 Å². The van der Waals surface area contributed by atoms with Crippen LogP contribution < -0.4 is 15.9 Å². The highest BCUT2D eigenvalue weighted by Crippen LogP contribution is 2.24. The average molecular weight is 375 g/mol. The number of hydrogen-bond donors (Lipinski definition) is 3. The Morgan fingerprint density at radius 1 is 1.07 bits per heavy atom. The summed E-state index contributed by atoms with van der Waals surface area (Å²) >= 11 is 0. The summed E-state index contributed by atoms with van der Waals surface area (Å²) in [5, 5.41) is 16.2. The Hall–Kier alpha value is -3.80. The minimum absolute atomic E-state index is 0.416. The molecule has 1 atom stereocenters. The maximum atomic E-state index is 11.8. The number of nitrogens with zero attached hydrogens (tertiary/aromatic N) is 1. The Labute approximate surface area is 163 Å². The van der Waals surface area contributed by atoms with Crippen molar-refractivity contribution < 1.29 is 14.6 Å². The second kappa shape index (κ2) is 9.23. The van der Waals surface area contributed by atoms with Crippen LogP contribution >= 0.6 is 0 Å². The van der Waals surface area contributed by atoms with E-state index >= 15 is 0 Å². The molecule has 0 fully saturated rings. The minimum Gasteiger partial charge on any atom is -0.489 e. The molecule has 0 aliphatic carbocycles. The molecule has 0 aromatic heterocycles. The van der Waals surface area contributed by atoms with E-state index < -0.39 is 12.0 Å². The van der Waals surface area contributed by atoms with E-state index in [4.69, 9.17) is 10.6 Å². The SMILES string of the molecule is NN=Cc1ccc(NC(C(=O)O)c2cccc(OCc3ccccc3)c2)cc1. The first kappa shape index (κ1) is 19.0. The first-order chi connectivity index (χ1) is 13.7. The Morgan fingerprint density at radius 2 is 1.82 bits per heavy atom. The number of ether oxygens (including phenoxy) is 1. The summed E-state index contributed by atoms with van der Waals surface area (Å²) < 4.78 is 5.81. The van der Waals surface area contributed by atoms with E-state index in [1.807, 2.05) is 36.4 Å². The fourth-order valence-electron chi connectivity index (χ4n) is 2.73. The molecule has 28 heavy (non-hydrogen) atoms. The fourth-order valence-corrected chi connectivity index (χ4v) is 2.73. The van der Waals surface area contributed by atoms with Gasteiger partial charge in [0.1, 0.15) is 12.4 Å². The van der Waals surface area contributed by atoms with Crippen molar-refractivity contribution >= 4 is 17.9 Å². The van der Waals surface area contributed by atoms with Crippen molar-refractivity contribution in [3.63, 3.8) is 0 Å². The topological polar surface area (TPSA) is 96.9 Å². The molecule has 3 aromatic rings. The highest BCUT2D eigenvalue weighted by atomic mass is 16.5. The number of nitrogens with one attached hydrogen (secondary N) is 1. The lowest BCUT2D eigenvalue weighted by Gasteiger charge is -2.17. The number of hydrazone groups is 1. The lowest BCUT2D eigenvalue weighted by molar-refractivity contribution is -0.138. The molecular weight excluding hydrogens is 354 g/mol. The van der Waals surface area contributed by atoms with Gasteiger partial charge in [-0.15, -0.1) is 0 Å². The maximum absolute atomic E-state index is 11.8. The van der Waals surface area contributed by atoms with Gasteiger partial charge in [0.2, 0.25) is 0 Å². The van der Waals surface area contributed by atoms with Crippen molar-refractivity contribution in [2.45, 2.75) is 12.6 Å². The number of benzene rings is 3. The van der Waals surface area contributed by atoms with E-state index in [0.29, 0.717) is 23.6 Å². The van der Waals surface area contributed by atoms with Crippen LogP contribution in [0.2, 0.25) is 0 Å². The van der Waals surface area contributed by atoms with Crippen molar-refractivity contribution in [2.75, 3.05) is 5.32 Å². The van der Waals surface area contributed by atoms with Gasteiger partial charge >= 0.3 is 5.97 Å². The van der Waals surface area contributed by atoms with E-state index in [9.17, 15) is 9.90 Å². The van der Waals surface area contributed by atoms with Gasteiger partial charge in [0.25, 0.3) is 0 Å². The summed E-state index contributed by atoms with van der Waals surface area (Å²) in [4.78, 5) is 11.8. The first-order valence-electron chi connectivity index (χ1n) is 8.75. The van der Waals surface area contributed by atoms with Gasteiger partial charge < -0.3 is 21.0 Å². The normalized spacial score (nSPS) is 11.9. The number of carboxylic acids is 1. The molecule has 0 heterocycles. The third-order valence-corrected chi connectivity index (χ3v) is 4.13. The molecule has 3 rings (SSSR count). The Kier molecular flexibility index (Phi) is 6.25. The quantitative estimate of drug-likeness (QED) is 0.316. The van der Waals surface area contributed by atoms with Crippen LogP contribution in [0.15, 0.2) is 84.0 Å². The molecule has 0 saturated heterocycles. The van der Waals surface area contributed by atoms with Crippen molar-refractivity contribution in [1.29, 1.82) is 0 Å². The van der Waals surface area contributed by atoms with E-state index in [2.05, 4.69) is 10.4 Å². The number of carboxylic acid groups (broad SMARTS) is 1. The number of rotatable bonds is 8.